The molecular formula is C20H16FN5O. The number of nitrogens with two attached hydrogens (primary N) is 1. The lowest BCUT2D eigenvalue weighted by molar-refractivity contribution is 0.419. The van der Waals surface area contributed by atoms with Gasteiger partial charge in [-0.2, -0.15) is 0 Å². The second-order valence-corrected chi connectivity index (χ2v) is 6.46. The number of hydrogen-bond donors (Lipinski definition) is 1. The van der Waals surface area contributed by atoms with Gasteiger partial charge < -0.3 is 15.0 Å². The monoisotopic (exact) mass is 361 g/mol. The number of aromatic nitrogens is 4. The van der Waals surface area contributed by atoms with Crippen molar-refractivity contribution < 1.29 is 9.13 Å². The number of fused-ring (bicyclic) bond motifs is 4. The molecule has 0 atom stereocenters. The first-order valence-corrected chi connectivity index (χ1v) is 8.47. The van der Waals surface area contributed by atoms with Crippen molar-refractivity contribution in [3.63, 3.8) is 0 Å². The highest BCUT2D eigenvalue weighted by Gasteiger charge is 2.13. The van der Waals surface area contributed by atoms with Crippen LogP contribution in [0.2, 0.25) is 0 Å². The van der Waals surface area contributed by atoms with E-state index in [0.717, 1.165) is 27.5 Å². The molecular weight excluding hydrogens is 345 g/mol. The number of anilines is 1. The van der Waals surface area contributed by atoms with E-state index >= 15 is 0 Å². The molecule has 0 fully saturated rings. The van der Waals surface area contributed by atoms with Crippen LogP contribution in [0.15, 0.2) is 55.0 Å². The van der Waals surface area contributed by atoms with Crippen LogP contribution in [-0.2, 0) is 6.54 Å². The second kappa shape index (κ2) is 5.70. The lowest BCUT2D eigenvalue weighted by atomic mass is 10.2. The van der Waals surface area contributed by atoms with Gasteiger partial charge in [-0.1, -0.05) is 6.07 Å². The molecule has 6 nitrogen and oxygen atoms in total. The number of hydrogen-bond acceptors (Lipinski definition) is 4. The van der Waals surface area contributed by atoms with Gasteiger partial charge in [-0.25, -0.2) is 14.4 Å². The number of nitrogens with zero attached hydrogens (tertiary/aromatic N) is 4. The van der Waals surface area contributed by atoms with Gasteiger partial charge in [0.25, 0.3) is 0 Å². The average molecular weight is 361 g/mol. The first kappa shape index (κ1) is 15.6. The molecule has 0 aliphatic carbocycles. The van der Waals surface area contributed by atoms with Crippen molar-refractivity contribution in [1.82, 2.24) is 18.9 Å². The number of benzene rings is 2. The Bertz CT molecular complexity index is 1320. The van der Waals surface area contributed by atoms with E-state index in [-0.39, 0.29) is 5.82 Å². The van der Waals surface area contributed by atoms with Crippen LogP contribution in [-0.4, -0.2) is 26.0 Å². The Labute approximate surface area is 153 Å². The first-order chi connectivity index (χ1) is 13.1. The van der Waals surface area contributed by atoms with Gasteiger partial charge in [0.15, 0.2) is 0 Å². The minimum absolute atomic E-state index is 0.243. The summed E-state index contributed by atoms with van der Waals surface area (Å²) < 4.78 is 22.6. The average Bonchev–Trinajstić information content (AvgIpc) is 3.25. The van der Waals surface area contributed by atoms with Crippen LogP contribution < -0.4 is 10.5 Å². The second-order valence-electron chi connectivity index (χ2n) is 6.46. The number of halogens is 1. The zero-order chi connectivity index (χ0) is 18.5. The van der Waals surface area contributed by atoms with E-state index in [1.807, 2.05) is 41.4 Å². The fraction of sp³-hybridized carbons (Fsp3) is 0.100. The highest BCUT2D eigenvalue weighted by atomic mass is 19.1. The van der Waals surface area contributed by atoms with Gasteiger partial charge in [-0.15, -0.1) is 0 Å². The molecule has 0 bridgehead atoms. The van der Waals surface area contributed by atoms with Crippen LogP contribution in [0.3, 0.4) is 0 Å². The van der Waals surface area contributed by atoms with Crippen molar-refractivity contribution in [3.05, 3.63) is 66.5 Å². The molecule has 2 aromatic carbocycles. The quantitative estimate of drug-likeness (QED) is 0.533. The number of rotatable bonds is 3. The van der Waals surface area contributed by atoms with Gasteiger partial charge in [0.2, 0.25) is 5.95 Å². The molecule has 2 N–H and O–H groups in total. The van der Waals surface area contributed by atoms with Crippen LogP contribution in [0.5, 0.6) is 5.75 Å². The lowest BCUT2D eigenvalue weighted by Crippen LogP contribution is -2.01. The molecule has 0 saturated carbocycles. The number of methoxy groups -OCH3 is 1. The third kappa shape index (κ3) is 2.47. The molecule has 5 rings (SSSR count). The van der Waals surface area contributed by atoms with Gasteiger partial charge in [0.05, 0.1) is 19.3 Å². The van der Waals surface area contributed by atoms with Crippen molar-refractivity contribution >= 4 is 33.3 Å². The molecule has 5 aromatic rings. The summed E-state index contributed by atoms with van der Waals surface area (Å²) in [7, 11) is 1.60. The summed E-state index contributed by atoms with van der Waals surface area (Å²) in [5, 5.41) is 2.71. The predicted octanol–water partition coefficient (Wildman–Crippen LogP) is 3.62. The molecule has 0 unspecified atom stereocenters. The summed E-state index contributed by atoms with van der Waals surface area (Å²) >= 11 is 0. The van der Waals surface area contributed by atoms with Crippen LogP contribution in [0.25, 0.3) is 27.3 Å². The van der Waals surface area contributed by atoms with Crippen molar-refractivity contribution in [1.29, 1.82) is 0 Å². The Morgan fingerprint density at radius 1 is 1.07 bits per heavy atom. The SMILES string of the molecule is COc1cccc2c1nc(N)n1cc(Cn3cc4ccc(F)cc4c3)nc21. The van der Waals surface area contributed by atoms with Crippen LogP contribution in [0, 0.1) is 5.82 Å². The molecule has 0 amide bonds. The standard InChI is InChI=1S/C20H16FN5O/c1-27-17-4-2-3-16-18(17)24-20(22)26-11-15(23-19(16)26)10-25-8-12-5-6-14(21)7-13(12)9-25/h2-9,11H,10H2,1H3,(H2,22,24). The molecule has 7 heteroatoms. The molecule has 0 aliphatic heterocycles. The fourth-order valence-corrected chi connectivity index (χ4v) is 3.47. The molecule has 0 spiro atoms. The summed E-state index contributed by atoms with van der Waals surface area (Å²) in [6.07, 6.45) is 5.76. The van der Waals surface area contributed by atoms with Crippen LogP contribution in [0.4, 0.5) is 10.3 Å². The molecule has 27 heavy (non-hydrogen) atoms. The normalized spacial score (nSPS) is 11.6. The van der Waals surface area contributed by atoms with Gasteiger partial charge >= 0.3 is 0 Å². The van der Waals surface area contributed by atoms with E-state index in [4.69, 9.17) is 15.5 Å². The molecule has 0 aliphatic rings. The fourth-order valence-electron chi connectivity index (χ4n) is 3.47. The summed E-state index contributed by atoms with van der Waals surface area (Å²) in [5.74, 6) is 0.762. The maximum Gasteiger partial charge on any atom is 0.206 e. The van der Waals surface area contributed by atoms with E-state index in [0.29, 0.717) is 23.8 Å². The molecule has 3 heterocycles. The molecule has 134 valence electrons. The van der Waals surface area contributed by atoms with Gasteiger partial charge in [-0.05, 0) is 35.7 Å². The van der Waals surface area contributed by atoms with Crippen LogP contribution >= 0.6 is 0 Å². The van der Waals surface area contributed by atoms with Crippen LogP contribution in [0.1, 0.15) is 5.69 Å². The van der Waals surface area contributed by atoms with E-state index in [9.17, 15) is 4.39 Å². The minimum atomic E-state index is -0.243. The van der Waals surface area contributed by atoms with Gasteiger partial charge in [-0.3, -0.25) is 4.40 Å². The number of ether oxygens (including phenoxy) is 1. The lowest BCUT2D eigenvalue weighted by Gasteiger charge is -2.07. The highest BCUT2D eigenvalue weighted by Crippen LogP contribution is 2.28. The highest BCUT2D eigenvalue weighted by molar-refractivity contribution is 5.96. The van der Waals surface area contributed by atoms with E-state index < -0.39 is 0 Å². The zero-order valence-corrected chi connectivity index (χ0v) is 14.6. The molecule has 0 radical (unpaired) electrons. The molecule has 0 saturated heterocycles. The predicted molar refractivity (Wildman–Crippen MR) is 102 cm³/mol. The number of para-hydroxylation sites is 1. The maximum absolute atomic E-state index is 13.4. The van der Waals surface area contributed by atoms with Crippen molar-refractivity contribution in [2.75, 3.05) is 12.8 Å². The third-order valence-electron chi connectivity index (χ3n) is 4.69. The van der Waals surface area contributed by atoms with Gasteiger partial charge in [0, 0.05) is 29.4 Å². The largest absolute Gasteiger partial charge is 0.494 e. The Hall–Kier alpha value is -3.61. The third-order valence-corrected chi connectivity index (χ3v) is 4.69. The van der Waals surface area contributed by atoms with Crippen molar-refractivity contribution in [2.45, 2.75) is 6.54 Å². The summed E-state index contributed by atoms with van der Waals surface area (Å²) in [6, 6.07) is 10.5. The zero-order valence-electron chi connectivity index (χ0n) is 14.6. The van der Waals surface area contributed by atoms with Crippen molar-refractivity contribution in [2.24, 2.45) is 0 Å². The summed E-state index contributed by atoms with van der Waals surface area (Å²) in [4.78, 5) is 9.22. The van der Waals surface area contributed by atoms with Gasteiger partial charge in [0.1, 0.15) is 22.7 Å². The summed E-state index contributed by atoms with van der Waals surface area (Å²) in [6.45, 7) is 0.545. The minimum Gasteiger partial charge on any atom is -0.494 e. The van der Waals surface area contributed by atoms with E-state index in [2.05, 4.69) is 4.98 Å². The topological polar surface area (TPSA) is 70.4 Å². The smallest absolute Gasteiger partial charge is 0.206 e. The van der Waals surface area contributed by atoms with E-state index in [1.54, 1.807) is 17.6 Å². The summed E-state index contributed by atoms with van der Waals surface area (Å²) in [5.41, 5.74) is 8.39. The first-order valence-electron chi connectivity index (χ1n) is 8.47. The molecule has 3 aromatic heterocycles. The van der Waals surface area contributed by atoms with Crippen molar-refractivity contribution in [3.8, 4) is 5.75 Å². The number of imidazole rings is 1. The Balaban J connectivity index is 1.63. The Morgan fingerprint density at radius 2 is 1.93 bits per heavy atom. The van der Waals surface area contributed by atoms with E-state index in [1.165, 1.54) is 12.1 Å². The Morgan fingerprint density at radius 3 is 2.78 bits per heavy atom. The Kier molecular flexibility index (Phi) is 3.30. The maximum atomic E-state index is 13.4. The number of nitrogen functional groups attached to an aromatic ring is 1.